The van der Waals surface area contributed by atoms with Crippen molar-refractivity contribution in [3.8, 4) is 0 Å². The van der Waals surface area contributed by atoms with Gasteiger partial charge in [-0.05, 0) is 0 Å². The maximum atomic E-state index is 11.1. The molecule has 0 unspecified atom stereocenters. The summed E-state index contributed by atoms with van der Waals surface area (Å²) in [5.74, 6) is -0.0922. The van der Waals surface area contributed by atoms with Gasteiger partial charge in [0.1, 0.15) is 6.33 Å². The molecule has 72 valence electrons. The number of nitrogens with two attached hydrogens (primary N) is 1. The van der Waals surface area contributed by atoms with Gasteiger partial charge in [-0.25, -0.2) is 17.4 Å². The first kappa shape index (κ1) is 9.72. The smallest absolute Gasteiger partial charge is 0.237 e. The summed E-state index contributed by atoms with van der Waals surface area (Å²) < 4.78 is 23.2. The minimum absolute atomic E-state index is 0.0903. The van der Waals surface area contributed by atoms with E-state index in [-0.39, 0.29) is 12.3 Å². The summed E-state index contributed by atoms with van der Waals surface area (Å²) in [5.41, 5.74) is 5.54. The third kappa shape index (κ3) is 2.28. The standard InChI is InChI=1S/C6H10N4O2S/c1-13(11,12)10-4-9-3-5(10)2-6(7)8/h3-4H,2H2,1H3,(H3,7,8). The Hall–Kier alpha value is -1.37. The summed E-state index contributed by atoms with van der Waals surface area (Å²) in [6.45, 7) is 0. The molecule has 3 N–H and O–H groups in total. The fraction of sp³-hybridized carbons (Fsp3) is 0.333. The molecule has 0 aromatic carbocycles. The van der Waals surface area contributed by atoms with Gasteiger partial charge in [-0.2, -0.15) is 0 Å². The molecule has 0 spiro atoms. The van der Waals surface area contributed by atoms with Crippen LogP contribution in [0, 0.1) is 5.41 Å². The monoisotopic (exact) mass is 202 g/mol. The van der Waals surface area contributed by atoms with Crippen LogP contribution in [0.3, 0.4) is 0 Å². The molecular formula is C6H10N4O2S. The SMILES string of the molecule is CS(=O)(=O)n1cncc1CC(=N)N. The Bertz CT molecular complexity index is 420. The van der Waals surface area contributed by atoms with Crippen molar-refractivity contribution in [3.63, 3.8) is 0 Å². The van der Waals surface area contributed by atoms with E-state index < -0.39 is 10.0 Å². The Morgan fingerprint density at radius 2 is 2.38 bits per heavy atom. The Morgan fingerprint density at radius 3 is 2.85 bits per heavy atom. The van der Waals surface area contributed by atoms with E-state index in [0.717, 1.165) is 10.2 Å². The minimum Gasteiger partial charge on any atom is -0.387 e. The van der Waals surface area contributed by atoms with Crippen LogP contribution in [0.2, 0.25) is 0 Å². The van der Waals surface area contributed by atoms with Crippen molar-refractivity contribution in [1.82, 2.24) is 8.96 Å². The highest BCUT2D eigenvalue weighted by Gasteiger charge is 2.11. The summed E-state index contributed by atoms with van der Waals surface area (Å²) in [6, 6.07) is 0. The first-order valence-corrected chi connectivity index (χ1v) is 5.31. The van der Waals surface area contributed by atoms with E-state index in [1.165, 1.54) is 12.5 Å². The van der Waals surface area contributed by atoms with E-state index in [2.05, 4.69) is 4.98 Å². The molecule has 1 aromatic rings. The molecule has 0 saturated carbocycles. The number of rotatable bonds is 3. The first-order chi connectivity index (χ1) is 5.91. The van der Waals surface area contributed by atoms with Gasteiger partial charge in [0.15, 0.2) is 0 Å². The van der Waals surface area contributed by atoms with Gasteiger partial charge >= 0.3 is 0 Å². The zero-order valence-corrected chi connectivity index (χ0v) is 7.87. The van der Waals surface area contributed by atoms with Crippen molar-refractivity contribution in [1.29, 1.82) is 5.41 Å². The van der Waals surface area contributed by atoms with Gasteiger partial charge in [0.2, 0.25) is 10.0 Å². The fourth-order valence-corrected chi connectivity index (χ4v) is 1.69. The van der Waals surface area contributed by atoms with Gasteiger partial charge in [0, 0.05) is 12.6 Å². The number of aromatic nitrogens is 2. The quantitative estimate of drug-likeness (QED) is 0.493. The van der Waals surface area contributed by atoms with Crippen LogP contribution in [-0.4, -0.2) is 29.5 Å². The second kappa shape index (κ2) is 3.17. The van der Waals surface area contributed by atoms with Crippen molar-refractivity contribution in [2.24, 2.45) is 5.73 Å². The average Bonchev–Trinajstić information content (AvgIpc) is 2.31. The highest BCUT2D eigenvalue weighted by molar-refractivity contribution is 7.89. The van der Waals surface area contributed by atoms with Gasteiger partial charge < -0.3 is 5.73 Å². The molecule has 1 aromatic heterocycles. The maximum absolute atomic E-state index is 11.1. The molecule has 0 aliphatic carbocycles. The van der Waals surface area contributed by atoms with Crippen molar-refractivity contribution >= 4 is 15.9 Å². The molecular weight excluding hydrogens is 192 g/mol. The third-order valence-electron chi connectivity index (χ3n) is 1.41. The van der Waals surface area contributed by atoms with E-state index in [4.69, 9.17) is 11.1 Å². The van der Waals surface area contributed by atoms with Crippen LogP contribution < -0.4 is 5.73 Å². The van der Waals surface area contributed by atoms with Gasteiger partial charge in [-0.15, -0.1) is 0 Å². The molecule has 13 heavy (non-hydrogen) atoms. The van der Waals surface area contributed by atoms with Crippen LogP contribution >= 0.6 is 0 Å². The highest BCUT2D eigenvalue weighted by Crippen LogP contribution is 2.03. The topological polar surface area (TPSA) is 102 Å². The Morgan fingerprint density at radius 1 is 1.77 bits per heavy atom. The second-order valence-electron chi connectivity index (χ2n) is 2.65. The van der Waals surface area contributed by atoms with Crippen LogP contribution in [0.4, 0.5) is 0 Å². The molecule has 0 aliphatic heterocycles. The highest BCUT2D eigenvalue weighted by atomic mass is 32.2. The van der Waals surface area contributed by atoms with Gasteiger partial charge in [0.25, 0.3) is 0 Å². The maximum Gasteiger partial charge on any atom is 0.237 e. The fourth-order valence-electron chi connectivity index (χ4n) is 0.928. The van der Waals surface area contributed by atoms with Crippen LogP contribution in [0.1, 0.15) is 5.69 Å². The molecule has 0 amide bonds. The largest absolute Gasteiger partial charge is 0.387 e. The average molecular weight is 202 g/mol. The molecule has 0 aliphatic rings. The minimum atomic E-state index is -3.33. The molecule has 7 heteroatoms. The van der Waals surface area contributed by atoms with Crippen LogP contribution in [-0.2, 0) is 16.4 Å². The zero-order valence-electron chi connectivity index (χ0n) is 7.06. The predicted octanol–water partition coefficient (Wildman–Crippen LogP) is -0.831. The van der Waals surface area contributed by atoms with Gasteiger partial charge in [0.05, 0.1) is 17.8 Å². The van der Waals surface area contributed by atoms with E-state index >= 15 is 0 Å². The lowest BCUT2D eigenvalue weighted by Gasteiger charge is -2.03. The van der Waals surface area contributed by atoms with Crippen molar-refractivity contribution < 1.29 is 8.42 Å². The third-order valence-corrected chi connectivity index (χ3v) is 2.45. The lowest BCUT2D eigenvalue weighted by molar-refractivity contribution is 0.592. The molecule has 0 bridgehead atoms. The van der Waals surface area contributed by atoms with Crippen LogP contribution in [0.5, 0.6) is 0 Å². The first-order valence-electron chi connectivity index (χ1n) is 3.46. The summed E-state index contributed by atoms with van der Waals surface area (Å²) in [6.07, 6.45) is 3.72. The molecule has 1 rings (SSSR count). The van der Waals surface area contributed by atoms with E-state index in [1.807, 2.05) is 0 Å². The van der Waals surface area contributed by atoms with Gasteiger partial charge in [-0.3, -0.25) is 5.41 Å². The molecule has 0 fully saturated rings. The number of nitrogens with zero attached hydrogens (tertiary/aromatic N) is 2. The van der Waals surface area contributed by atoms with Crippen LogP contribution in [0.15, 0.2) is 12.5 Å². The molecule has 0 saturated heterocycles. The normalized spacial score (nSPS) is 11.5. The predicted molar refractivity (Wildman–Crippen MR) is 48.1 cm³/mol. The molecule has 0 radical (unpaired) electrons. The van der Waals surface area contributed by atoms with Gasteiger partial charge in [-0.1, -0.05) is 0 Å². The Balaban J connectivity index is 3.11. The van der Waals surface area contributed by atoms with Crippen LogP contribution in [0.25, 0.3) is 0 Å². The number of amidine groups is 1. The molecule has 0 atom stereocenters. The summed E-state index contributed by atoms with van der Waals surface area (Å²) in [5, 5.41) is 7.01. The van der Waals surface area contributed by atoms with Crippen molar-refractivity contribution in [3.05, 3.63) is 18.2 Å². The van der Waals surface area contributed by atoms with E-state index in [0.29, 0.717) is 5.69 Å². The number of nitrogens with one attached hydrogen (secondary N) is 1. The van der Waals surface area contributed by atoms with Crippen molar-refractivity contribution in [2.45, 2.75) is 6.42 Å². The number of hydrogen-bond acceptors (Lipinski definition) is 4. The summed E-state index contributed by atoms with van der Waals surface area (Å²) in [7, 11) is -3.33. The second-order valence-corrected chi connectivity index (χ2v) is 4.51. The number of hydrogen-bond donors (Lipinski definition) is 2. The number of imidazole rings is 1. The summed E-state index contributed by atoms with van der Waals surface area (Å²) in [4.78, 5) is 3.67. The molecule has 6 nitrogen and oxygen atoms in total. The lowest BCUT2D eigenvalue weighted by Crippen LogP contribution is -2.18. The van der Waals surface area contributed by atoms with E-state index in [1.54, 1.807) is 0 Å². The molecule has 1 heterocycles. The lowest BCUT2D eigenvalue weighted by atomic mass is 10.3. The van der Waals surface area contributed by atoms with Crippen molar-refractivity contribution in [2.75, 3.05) is 6.26 Å². The Kier molecular flexibility index (Phi) is 2.37. The Labute approximate surface area is 76.0 Å². The zero-order chi connectivity index (χ0) is 10.1. The van der Waals surface area contributed by atoms with E-state index in [9.17, 15) is 8.42 Å². The summed E-state index contributed by atoms with van der Waals surface area (Å²) >= 11 is 0.